The predicted octanol–water partition coefficient (Wildman–Crippen LogP) is 6.10. The van der Waals surface area contributed by atoms with Crippen molar-refractivity contribution in [2.24, 2.45) is 0 Å². The second kappa shape index (κ2) is 13.7. The van der Waals surface area contributed by atoms with Gasteiger partial charge in [-0.25, -0.2) is 14.8 Å². The Bertz CT molecular complexity index is 1940. The minimum Gasteiger partial charge on any atom is -0.378 e. The van der Waals surface area contributed by atoms with Crippen LogP contribution in [-0.4, -0.2) is 73.1 Å². The maximum Gasteiger partial charge on any atom is 0.323 e. The molecule has 11 nitrogen and oxygen atoms in total. The first-order chi connectivity index (χ1) is 22.7. The van der Waals surface area contributed by atoms with Crippen LogP contribution >= 0.6 is 0 Å². The smallest absolute Gasteiger partial charge is 0.323 e. The first-order valence-corrected chi connectivity index (χ1v) is 15.3. The third kappa shape index (κ3) is 7.37. The van der Waals surface area contributed by atoms with Gasteiger partial charge >= 0.3 is 6.03 Å². The van der Waals surface area contributed by atoms with Crippen molar-refractivity contribution in [1.82, 2.24) is 14.9 Å². The molecule has 47 heavy (non-hydrogen) atoms. The molecule has 1 fully saturated rings. The number of benzene rings is 4. The lowest BCUT2D eigenvalue weighted by Gasteiger charge is -2.29. The summed E-state index contributed by atoms with van der Waals surface area (Å²) in [5.41, 5.74) is 5.94. The highest BCUT2D eigenvalue weighted by Crippen LogP contribution is 2.32. The highest BCUT2D eigenvalue weighted by atomic mass is 16.5. The van der Waals surface area contributed by atoms with Gasteiger partial charge in [0.1, 0.15) is 5.82 Å². The molecular weight excluding hydrogens is 594 g/mol. The average Bonchev–Trinajstić information content (AvgIpc) is 3.08. The van der Waals surface area contributed by atoms with Gasteiger partial charge in [0.25, 0.3) is 5.91 Å². The summed E-state index contributed by atoms with van der Waals surface area (Å²) in [4.78, 5) is 50.1. The second-order valence-corrected chi connectivity index (χ2v) is 11.4. The molecule has 0 bridgehead atoms. The van der Waals surface area contributed by atoms with Gasteiger partial charge in [0, 0.05) is 67.7 Å². The lowest BCUT2D eigenvalue weighted by molar-refractivity contribution is -0.114. The van der Waals surface area contributed by atoms with Crippen LogP contribution < -0.4 is 20.9 Å². The molecule has 11 heteroatoms. The number of hydrogen-bond acceptors (Lipinski definition) is 7. The van der Waals surface area contributed by atoms with E-state index in [1.807, 2.05) is 54.6 Å². The summed E-state index contributed by atoms with van der Waals surface area (Å²) in [6.45, 7) is 4.17. The molecule has 0 atom stereocenters. The predicted molar refractivity (Wildman–Crippen MR) is 185 cm³/mol. The van der Waals surface area contributed by atoms with Crippen LogP contribution in [0, 0.1) is 0 Å². The van der Waals surface area contributed by atoms with Gasteiger partial charge < -0.3 is 30.5 Å². The van der Waals surface area contributed by atoms with Gasteiger partial charge in [-0.15, -0.1) is 0 Å². The number of nitrogens with zero attached hydrogens (tertiary/aromatic N) is 4. The van der Waals surface area contributed by atoms with Crippen LogP contribution in [0.2, 0.25) is 0 Å². The van der Waals surface area contributed by atoms with Crippen LogP contribution in [0.15, 0.2) is 91.0 Å². The highest BCUT2D eigenvalue weighted by Gasteiger charge is 2.19. The number of carbonyl (C=O) groups is 3. The highest BCUT2D eigenvalue weighted by molar-refractivity contribution is 6.01. The fraction of sp³-hybridized carbons (Fsp3) is 0.194. The molecule has 2 heterocycles. The van der Waals surface area contributed by atoms with Crippen LogP contribution in [0.3, 0.4) is 0 Å². The Morgan fingerprint density at radius 2 is 1.36 bits per heavy atom. The van der Waals surface area contributed by atoms with Crippen molar-refractivity contribution < 1.29 is 19.1 Å². The van der Waals surface area contributed by atoms with Crippen LogP contribution in [0.4, 0.5) is 27.7 Å². The normalized spacial score (nSPS) is 12.8. The van der Waals surface area contributed by atoms with E-state index >= 15 is 0 Å². The average molecular weight is 630 g/mol. The zero-order chi connectivity index (χ0) is 32.9. The van der Waals surface area contributed by atoms with Crippen molar-refractivity contribution in [2.45, 2.75) is 6.92 Å². The second-order valence-electron chi connectivity index (χ2n) is 11.4. The quantitative estimate of drug-likeness (QED) is 0.198. The van der Waals surface area contributed by atoms with E-state index in [1.54, 1.807) is 50.5 Å². The fourth-order valence-corrected chi connectivity index (χ4v) is 5.37. The molecule has 1 aromatic heterocycles. The van der Waals surface area contributed by atoms with E-state index in [0.29, 0.717) is 36.0 Å². The lowest BCUT2D eigenvalue weighted by Crippen LogP contribution is -2.37. The number of amides is 4. The third-order valence-corrected chi connectivity index (χ3v) is 7.70. The number of aromatic nitrogens is 2. The summed E-state index contributed by atoms with van der Waals surface area (Å²) < 4.78 is 5.60. The zero-order valence-corrected chi connectivity index (χ0v) is 26.4. The SMILES string of the molecule is CC(=O)Nc1cccc(-c2ccc3c(N4CCOCC4)nc(-c4ccc(NC(=O)Nc5ccc(C(=O)N(C)C)cc5)cc4)nc3c2)c1. The van der Waals surface area contributed by atoms with Crippen molar-refractivity contribution in [2.75, 3.05) is 61.2 Å². The molecular formula is C36H35N7O4. The van der Waals surface area contributed by atoms with E-state index in [9.17, 15) is 14.4 Å². The van der Waals surface area contributed by atoms with Gasteiger partial charge in [0.2, 0.25) is 5.91 Å². The summed E-state index contributed by atoms with van der Waals surface area (Å²) in [6, 6.07) is 27.5. The molecule has 6 rings (SSSR count). The fourth-order valence-electron chi connectivity index (χ4n) is 5.37. The van der Waals surface area contributed by atoms with E-state index in [0.717, 1.165) is 52.2 Å². The van der Waals surface area contributed by atoms with Crippen LogP contribution in [0.1, 0.15) is 17.3 Å². The minimum absolute atomic E-state index is 0.109. The van der Waals surface area contributed by atoms with Gasteiger partial charge in [-0.3, -0.25) is 9.59 Å². The Morgan fingerprint density at radius 1 is 0.723 bits per heavy atom. The van der Waals surface area contributed by atoms with Crippen LogP contribution in [-0.2, 0) is 9.53 Å². The molecule has 0 saturated carbocycles. The Labute approximate surface area is 272 Å². The minimum atomic E-state index is -0.406. The van der Waals surface area contributed by atoms with Crippen molar-refractivity contribution in [3.05, 3.63) is 96.6 Å². The van der Waals surface area contributed by atoms with E-state index in [2.05, 4.69) is 20.9 Å². The molecule has 1 aliphatic heterocycles. The largest absolute Gasteiger partial charge is 0.378 e. The molecule has 0 radical (unpaired) electrons. The van der Waals surface area contributed by atoms with Gasteiger partial charge in [-0.05, 0) is 83.9 Å². The van der Waals surface area contributed by atoms with Gasteiger partial charge in [-0.2, -0.15) is 0 Å². The molecule has 5 aromatic rings. The van der Waals surface area contributed by atoms with Crippen molar-refractivity contribution in [3.63, 3.8) is 0 Å². The molecule has 0 unspecified atom stereocenters. The third-order valence-electron chi connectivity index (χ3n) is 7.70. The summed E-state index contributed by atoms with van der Waals surface area (Å²) >= 11 is 0. The molecule has 0 spiro atoms. The van der Waals surface area contributed by atoms with Crippen molar-refractivity contribution in [1.29, 1.82) is 0 Å². The Morgan fingerprint density at radius 3 is 2.02 bits per heavy atom. The topological polar surface area (TPSA) is 129 Å². The Hall–Kier alpha value is -5.81. The number of ether oxygens (including phenoxy) is 1. The first kappa shape index (κ1) is 31.2. The zero-order valence-electron chi connectivity index (χ0n) is 26.4. The van der Waals surface area contributed by atoms with E-state index in [1.165, 1.54) is 11.8 Å². The van der Waals surface area contributed by atoms with E-state index < -0.39 is 6.03 Å². The van der Waals surface area contributed by atoms with Crippen LogP contribution in [0.5, 0.6) is 0 Å². The molecule has 1 aliphatic rings. The monoisotopic (exact) mass is 629 g/mol. The van der Waals surface area contributed by atoms with Gasteiger partial charge in [0.15, 0.2) is 5.82 Å². The summed E-state index contributed by atoms with van der Waals surface area (Å²) in [5.74, 6) is 1.17. The number of rotatable bonds is 7. The number of morpholine rings is 1. The maximum atomic E-state index is 12.7. The van der Waals surface area contributed by atoms with Crippen molar-refractivity contribution >= 4 is 51.6 Å². The van der Waals surface area contributed by atoms with Gasteiger partial charge in [-0.1, -0.05) is 18.2 Å². The van der Waals surface area contributed by atoms with Crippen LogP contribution in [0.25, 0.3) is 33.4 Å². The number of anilines is 4. The first-order valence-electron chi connectivity index (χ1n) is 15.3. The molecule has 0 aliphatic carbocycles. The summed E-state index contributed by atoms with van der Waals surface area (Å²) in [6.07, 6.45) is 0. The van der Waals surface area contributed by atoms with Gasteiger partial charge in [0.05, 0.1) is 18.7 Å². The molecule has 1 saturated heterocycles. The Kier molecular flexibility index (Phi) is 9.07. The number of carbonyl (C=O) groups excluding carboxylic acids is 3. The summed E-state index contributed by atoms with van der Waals surface area (Å²) in [5, 5.41) is 9.42. The van der Waals surface area contributed by atoms with E-state index in [-0.39, 0.29) is 11.8 Å². The summed E-state index contributed by atoms with van der Waals surface area (Å²) in [7, 11) is 3.38. The maximum absolute atomic E-state index is 12.7. The molecule has 4 aromatic carbocycles. The lowest BCUT2D eigenvalue weighted by atomic mass is 10.0. The number of hydrogen-bond donors (Lipinski definition) is 3. The standard InChI is InChI=1S/C36H35N7O4/c1-23(44)37-30-6-4-5-26(21-30)27-11-16-31-32(22-27)40-33(41-34(31)43-17-19-47-20-18-43)24-7-12-28(13-8-24)38-36(46)39-29-14-9-25(10-15-29)35(45)42(2)3/h4-16,21-22H,17-20H2,1-3H3,(H,37,44)(H2,38,39,46). The Balaban J connectivity index is 1.25. The number of urea groups is 1. The molecule has 238 valence electrons. The van der Waals surface area contributed by atoms with Crippen molar-refractivity contribution in [3.8, 4) is 22.5 Å². The van der Waals surface area contributed by atoms with E-state index in [4.69, 9.17) is 14.7 Å². The number of fused-ring (bicyclic) bond motifs is 1. The molecule has 3 N–H and O–H groups in total. The molecule has 4 amide bonds. The number of nitrogens with one attached hydrogen (secondary N) is 3.